The molecule has 0 saturated carbocycles. The molecule has 0 bridgehead atoms. The predicted molar refractivity (Wildman–Crippen MR) is 114 cm³/mol. The molecule has 3 aromatic rings. The van der Waals surface area contributed by atoms with Gasteiger partial charge in [-0.15, -0.1) is 0 Å². The van der Waals surface area contributed by atoms with E-state index >= 15 is 0 Å². The van der Waals surface area contributed by atoms with Crippen LogP contribution in [0.2, 0.25) is 0 Å². The van der Waals surface area contributed by atoms with Crippen LogP contribution in [0.25, 0.3) is 11.1 Å². The summed E-state index contributed by atoms with van der Waals surface area (Å²) in [4.78, 5) is 13.6. The maximum Gasteiger partial charge on any atom is 0.231 e. The van der Waals surface area contributed by atoms with E-state index in [4.69, 9.17) is 28.4 Å². The van der Waals surface area contributed by atoms with Gasteiger partial charge in [-0.3, -0.25) is 4.79 Å². The molecule has 0 saturated heterocycles. The lowest BCUT2D eigenvalue weighted by Crippen LogP contribution is -2.07. The van der Waals surface area contributed by atoms with Crippen LogP contribution < -0.4 is 28.4 Å². The van der Waals surface area contributed by atoms with Crippen LogP contribution in [0.3, 0.4) is 0 Å². The summed E-state index contributed by atoms with van der Waals surface area (Å²) in [5, 5.41) is 0. The molecule has 1 aliphatic heterocycles. The third kappa shape index (κ3) is 3.59. The molecule has 0 atom stereocenters. The normalized spacial score (nSPS) is 11.7. The summed E-state index contributed by atoms with van der Waals surface area (Å²) in [6, 6.07) is 14.0. The van der Waals surface area contributed by atoms with Gasteiger partial charge in [0.1, 0.15) is 5.75 Å². The second-order valence-corrected chi connectivity index (χ2v) is 6.69. The Hall–Kier alpha value is -3.87. The molecule has 1 aliphatic rings. The Balaban J connectivity index is 1.95. The van der Waals surface area contributed by atoms with Crippen molar-refractivity contribution in [2.24, 2.45) is 0 Å². The van der Waals surface area contributed by atoms with Crippen LogP contribution in [-0.2, 0) is 0 Å². The van der Waals surface area contributed by atoms with Crippen molar-refractivity contribution in [3.05, 3.63) is 59.7 Å². The average molecular weight is 422 g/mol. The minimum atomic E-state index is -0.199. The van der Waals surface area contributed by atoms with E-state index < -0.39 is 0 Å². The molecule has 31 heavy (non-hydrogen) atoms. The van der Waals surface area contributed by atoms with Crippen LogP contribution in [0.1, 0.15) is 15.9 Å². The van der Waals surface area contributed by atoms with Gasteiger partial charge in [-0.05, 0) is 48.0 Å². The molecule has 0 aromatic heterocycles. The van der Waals surface area contributed by atoms with Crippen LogP contribution in [-0.4, -0.2) is 41.0 Å². The van der Waals surface area contributed by atoms with Crippen molar-refractivity contribution in [3.63, 3.8) is 0 Å². The molecule has 160 valence electrons. The maximum atomic E-state index is 13.6. The van der Waals surface area contributed by atoms with Gasteiger partial charge in [0.2, 0.25) is 12.5 Å². The number of fused-ring (bicyclic) bond motifs is 1. The third-order valence-electron chi connectivity index (χ3n) is 5.09. The first-order valence-corrected chi connectivity index (χ1v) is 9.53. The summed E-state index contributed by atoms with van der Waals surface area (Å²) in [6.07, 6.45) is 0. The zero-order valence-electron chi connectivity index (χ0n) is 17.7. The van der Waals surface area contributed by atoms with Crippen LogP contribution >= 0.6 is 0 Å². The largest absolute Gasteiger partial charge is 0.497 e. The summed E-state index contributed by atoms with van der Waals surface area (Å²) < 4.78 is 32.9. The summed E-state index contributed by atoms with van der Waals surface area (Å²) in [5.74, 6) is 2.87. The number of benzene rings is 3. The van der Waals surface area contributed by atoms with E-state index in [9.17, 15) is 4.79 Å². The molecule has 3 aromatic carbocycles. The number of hydrogen-bond donors (Lipinski definition) is 0. The van der Waals surface area contributed by atoms with Crippen LogP contribution in [0.5, 0.6) is 34.5 Å². The minimum absolute atomic E-state index is 0.152. The smallest absolute Gasteiger partial charge is 0.231 e. The van der Waals surface area contributed by atoms with Gasteiger partial charge < -0.3 is 28.4 Å². The summed E-state index contributed by atoms with van der Waals surface area (Å²) in [7, 11) is 6.14. The Morgan fingerprint density at radius 3 is 2.13 bits per heavy atom. The fourth-order valence-electron chi connectivity index (χ4n) is 3.57. The van der Waals surface area contributed by atoms with Crippen molar-refractivity contribution < 1.29 is 33.2 Å². The average Bonchev–Trinajstić information content (AvgIpc) is 3.30. The molecule has 0 amide bonds. The summed E-state index contributed by atoms with van der Waals surface area (Å²) >= 11 is 0. The second-order valence-electron chi connectivity index (χ2n) is 6.69. The van der Waals surface area contributed by atoms with Crippen molar-refractivity contribution in [1.29, 1.82) is 0 Å². The Kier molecular flexibility index (Phi) is 5.58. The fraction of sp³-hybridized carbons (Fsp3) is 0.208. The first kappa shape index (κ1) is 20.4. The number of rotatable bonds is 7. The topological polar surface area (TPSA) is 72.5 Å². The molecule has 7 nitrogen and oxygen atoms in total. The number of methoxy groups -OCH3 is 4. The van der Waals surface area contributed by atoms with Gasteiger partial charge in [-0.25, -0.2) is 0 Å². The Labute approximate surface area is 180 Å². The maximum absolute atomic E-state index is 13.6. The molecule has 0 fully saturated rings. The molecule has 1 heterocycles. The lowest BCUT2D eigenvalue weighted by atomic mass is 9.92. The van der Waals surface area contributed by atoms with E-state index in [1.807, 2.05) is 12.1 Å². The summed E-state index contributed by atoms with van der Waals surface area (Å²) in [5.41, 5.74) is 2.19. The van der Waals surface area contributed by atoms with Crippen LogP contribution in [0.15, 0.2) is 48.5 Å². The first-order valence-electron chi connectivity index (χ1n) is 9.53. The zero-order chi connectivity index (χ0) is 22.0. The highest BCUT2D eigenvalue weighted by molar-refractivity contribution is 6.14. The Morgan fingerprint density at radius 1 is 0.774 bits per heavy atom. The van der Waals surface area contributed by atoms with Gasteiger partial charge in [0.25, 0.3) is 0 Å². The highest BCUT2D eigenvalue weighted by atomic mass is 16.7. The zero-order valence-corrected chi connectivity index (χ0v) is 17.7. The molecule has 0 unspecified atom stereocenters. The quantitative estimate of drug-likeness (QED) is 0.524. The molecular formula is C24H22O7. The van der Waals surface area contributed by atoms with E-state index in [0.717, 1.165) is 5.56 Å². The number of ether oxygens (including phenoxy) is 6. The minimum Gasteiger partial charge on any atom is -0.497 e. The van der Waals surface area contributed by atoms with Crippen LogP contribution in [0.4, 0.5) is 0 Å². The first-order chi connectivity index (χ1) is 15.1. The Morgan fingerprint density at radius 2 is 1.48 bits per heavy atom. The lowest BCUT2D eigenvalue weighted by molar-refractivity contribution is 0.103. The Bertz CT molecular complexity index is 1120. The van der Waals surface area contributed by atoms with Crippen molar-refractivity contribution >= 4 is 5.78 Å². The number of carbonyl (C=O) groups excluding carboxylic acids is 1. The number of carbonyl (C=O) groups is 1. The standard InChI is InChI=1S/C24H22O7/c1-26-16-8-5-14(6-9-16)22(25)17-12-20(27-2)23(28-3)24(29-4)21(17)15-7-10-18-19(11-15)31-13-30-18/h5-12H,13H2,1-4H3. The molecule has 0 spiro atoms. The highest BCUT2D eigenvalue weighted by Gasteiger charge is 2.27. The fourth-order valence-corrected chi connectivity index (χ4v) is 3.57. The van der Waals surface area contributed by atoms with E-state index in [1.165, 1.54) is 21.3 Å². The van der Waals surface area contributed by atoms with Crippen molar-refractivity contribution in [2.75, 3.05) is 35.2 Å². The monoisotopic (exact) mass is 422 g/mol. The van der Waals surface area contributed by atoms with Crippen molar-refractivity contribution in [1.82, 2.24) is 0 Å². The molecule has 0 radical (unpaired) electrons. The third-order valence-corrected chi connectivity index (χ3v) is 5.09. The number of hydrogen-bond acceptors (Lipinski definition) is 7. The molecule has 0 aliphatic carbocycles. The SMILES string of the molecule is COc1ccc(C(=O)c2cc(OC)c(OC)c(OC)c2-c2ccc3c(c2)OCO3)cc1. The van der Waals surface area contributed by atoms with Gasteiger partial charge >= 0.3 is 0 Å². The van der Waals surface area contributed by atoms with Gasteiger partial charge in [0.05, 0.1) is 28.4 Å². The lowest BCUT2D eigenvalue weighted by Gasteiger charge is -2.20. The van der Waals surface area contributed by atoms with E-state index in [0.29, 0.717) is 51.2 Å². The second kappa shape index (κ2) is 8.47. The highest BCUT2D eigenvalue weighted by Crippen LogP contribution is 2.49. The van der Waals surface area contributed by atoms with Gasteiger partial charge in [0.15, 0.2) is 28.8 Å². The van der Waals surface area contributed by atoms with Gasteiger partial charge in [0, 0.05) is 16.7 Å². The van der Waals surface area contributed by atoms with Crippen molar-refractivity contribution in [3.8, 4) is 45.6 Å². The predicted octanol–water partition coefficient (Wildman–Crippen LogP) is 4.35. The molecule has 4 rings (SSSR count). The van der Waals surface area contributed by atoms with Gasteiger partial charge in [-0.1, -0.05) is 6.07 Å². The van der Waals surface area contributed by atoms with E-state index in [1.54, 1.807) is 43.5 Å². The van der Waals surface area contributed by atoms with Crippen LogP contribution in [0, 0.1) is 0 Å². The van der Waals surface area contributed by atoms with Gasteiger partial charge in [-0.2, -0.15) is 0 Å². The molecular weight excluding hydrogens is 400 g/mol. The van der Waals surface area contributed by atoms with E-state index in [2.05, 4.69) is 0 Å². The summed E-state index contributed by atoms with van der Waals surface area (Å²) in [6.45, 7) is 0.152. The molecule has 0 N–H and O–H groups in total. The van der Waals surface area contributed by atoms with Crippen molar-refractivity contribution in [2.45, 2.75) is 0 Å². The number of ketones is 1. The molecule has 7 heteroatoms. The van der Waals surface area contributed by atoms with E-state index in [-0.39, 0.29) is 12.6 Å².